The molecule has 0 radical (unpaired) electrons. The van der Waals surface area contributed by atoms with Gasteiger partial charge in [-0.3, -0.25) is 0 Å². The molecule has 0 heterocycles. The third kappa shape index (κ3) is 1.54. The monoisotopic (exact) mass is 248 g/mol. The van der Waals surface area contributed by atoms with Gasteiger partial charge in [-0.25, -0.2) is 0 Å². The lowest BCUT2D eigenvalue weighted by Gasteiger charge is -2.19. The van der Waals surface area contributed by atoms with Crippen LogP contribution in [0.25, 0.3) is 21.5 Å². The number of hydrogen-bond donors (Lipinski definition) is 1. The molecule has 1 aliphatic carbocycles. The molecule has 0 aliphatic heterocycles. The number of aryl methyl sites for hydroxylation is 2. The molecule has 0 atom stereocenters. The van der Waals surface area contributed by atoms with E-state index in [0.29, 0.717) is 5.75 Å². The van der Waals surface area contributed by atoms with Crippen LogP contribution in [0.3, 0.4) is 0 Å². The minimum atomic E-state index is 0.405. The van der Waals surface area contributed by atoms with E-state index in [4.69, 9.17) is 0 Å². The van der Waals surface area contributed by atoms with Crippen LogP contribution in [-0.2, 0) is 12.8 Å². The number of phenols is 1. The molecule has 0 spiro atoms. The van der Waals surface area contributed by atoms with E-state index >= 15 is 0 Å². The third-order valence-electron chi connectivity index (χ3n) is 4.35. The number of fused-ring (bicyclic) bond motifs is 5. The van der Waals surface area contributed by atoms with E-state index in [0.717, 1.165) is 17.2 Å². The van der Waals surface area contributed by atoms with E-state index < -0.39 is 0 Å². The Morgan fingerprint density at radius 2 is 1.47 bits per heavy atom. The lowest BCUT2D eigenvalue weighted by atomic mass is 9.86. The van der Waals surface area contributed by atoms with Crippen LogP contribution in [0.5, 0.6) is 5.75 Å². The van der Waals surface area contributed by atoms with Crippen molar-refractivity contribution in [2.45, 2.75) is 25.7 Å². The van der Waals surface area contributed by atoms with Crippen LogP contribution >= 0.6 is 0 Å². The summed E-state index contributed by atoms with van der Waals surface area (Å²) in [6.45, 7) is 0. The van der Waals surface area contributed by atoms with Gasteiger partial charge in [0.2, 0.25) is 0 Å². The number of hydrogen-bond acceptors (Lipinski definition) is 1. The third-order valence-corrected chi connectivity index (χ3v) is 4.35. The molecule has 0 bridgehead atoms. The molecule has 0 aromatic heterocycles. The van der Waals surface area contributed by atoms with Crippen molar-refractivity contribution in [3.05, 3.63) is 53.6 Å². The van der Waals surface area contributed by atoms with Gasteiger partial charge in [-0.15, -0.1) is 0 Å². The fourth-order valence-corrected chi connectivity index (χ4v) is 3.41. The molecule has 19 heavy (non-hydrogen) atoms. The van der Waals surface area contributed by atoms with Gasteiger partial charge < -0.3 is 5.11 Å². The average Bonchev–Trinajstić information content (AvgIpc) is 2.47. The SMILES string of the molecule is Oc1cc2c3c(ccc2c2ccccc12)CCCC3. The second-order valence-electron chi connectivity index (χ2n) is 5.45. The van der Waals surface area contributed by atoms with E-state index in [2.05, 4.69) is 18.2 Å². The highest BCUT2D eigenvalue weighted by Crippen LogP contribution is 2.37. The molecule has 0 fully saturated rings. The maximum absolute atomic E-state index is 10.3. The molecule has 1 aliphatic rings. The first-order valence-electron chi connectivity index (χ1n) is 7.00. The van der Waals surface area contributed by atoms with Crippen molar-refractivity contribution in [2.75, 3.05) is 0 Å². The van der Waals surface area contributed by atoms with Gasteiger partial charge >= 0.3 is 0 Å². The van der Waals surface area contributed by atoms with E-state index in [-0.39, 0.29) is 0 Å². The number of benzene rings is 3. The second kappa shape index (κ2) is 3.99. The Labute approximate surface area is 112 Å². The predicted molar refractivity (Wildman–Crippen MR) is 79.8 cm³/mol. The molecule has 0 saturated carbocycles. The van der Waals surface area contributed by atoms with Gasteiger partial charge in [0.15, 0.2) is 0 Å². The van der Waals surface area contributed by atoms with Crippen molar-refractivity contribution in [3.8, 4) is 5.75 Å². The fraction of sp³-hybridized carbons (Fsp3) is 0.222. The Morgan fingerprint density at radius 1 is 0.737 bits per heavy atom. The van der Waals surface area contributed by atoms with Gasteiger partial charge in [-0.05, 0) is 59.0 Å². The molecule has 94 valence electrons. The molecule has 1 nitrogen and oxygen atoms in total. The van der Waals surface area contributed by atoms with Gasteiger partial charge in [0, 0.05) is 5.39 Å². The standard InChI is InChI=1S/C18H16O/c19-18-11-17-13-6-2-1-5-12(13)9-10-15(17)14-7-3-4-8-16(14)18/h3-4,7-11,19H,1-2,5-6H2. The lowest BCUT2D eigenvalue weighted by Crippen LogP contribution is -2.03. The first-order valence-corrected chi connectivity index (χ1v) is 7.00. The summed E-state index contributed by atoms with van der Waals surface area (Å²) in [5.41, 5.74) is 2.92. The van der Waals surface area contributed by atoms with Gasteiger partial charge in [0.1, 0.15) is 5.75 Å². The van der Waals surface area contributed by atoms with Crippen molar-refractivity contribution in [3.63, 3.8) is 0 Å². The fourth-order valence-electron chi connectivity index (χ4n) is 3.41. The molecule has 1 N–H and O–H groups in total. The van der Waals surface area contributed by atoms with Gasteiger partial charge in [0.25, 0.3) is 0 Å². The Bertz CT molecular complexity index is 786. The Morgan fingerprint density at radius 3 is 2.37 bits per heavy atom. The Kier molecular flexibility index (Phi) is 2.28. The smallest absolute Gasteiger partial charge is 0.124 e. The summed E-state index contributed by atoms with van der Waals surface area (Å²) in [5, 5.41) is 14.9. The van der Waals surface area contributed by atoms with E-state index in [9.17, 15) is 5.11 Å². The zero-order valence-corrected chi connectivity index (χ0v) is 10.8. The zero-order chi connectivity index (χ0) is 12.8. The molecule has 3 aromatic carbocycles. The molecular formula is C18H16O. The zero-order valence-electron chi connectivity index (χ0n) is 10.8. The summed E-state index contributed by atoms with van der Waals surface area (Å²) in [4.78, 5) is 0. The highest BCUT2D eigenvalue weighted by molar-refractivity contribution is 6.11. The van der Waals surface area contributed by atoms with Crippen molar-refractivity contribution < 1.29 is 5.11 Å². The minimum Gasteiger partial charge on any atom is -0.507 e. The van der Waals surface area contributed by atoms with Crippen LogP contribution in [0.4, 0.5) is 0 Å². The van der Waals surface area contributed by atoms with Gasteiger partial charge in [0.05, 0.1) is 0 Å². The molecule has 0 unspecified atom stereocenters. The van der Waals surface area contributed by atoms with Crippen molar-refractivity contribution in [1.29, 1.82) is 0 Å². The summed E-state index contributed by atoms with van der Waals surface area (Å²) in [6.07, 6.45) is 4.88. The first kappa shape index (κ1) is 10.9. The highest BCUT2D eigenvalue weighted by Gasteiger charge is 2.14. The Balaban J connectivity index is 2.19. The summed E-state index contributed by atoms with van der Waals surface area (Å²) in [5.74, 6) is 0.405. The molecule has 0 saturated heterocycles. The summed E-state index contributed by atoms with van der Waals surface area (Å²) >= 11 is 0. The minimum absolute atomic E-state index is 0.405. The lowest BCUT2D eigenvalue weighted by molar-refractivity contribution is 0.482. The van der Waals surface area contributed by atoms with E-state index in [1.807, 2.05) is 24.3 Å². The van der Waals surface area contributed by atoms with Crippen LogP contribution in [-0.4, -0.2) is 5.11 Å². The van der Waals surface area contributed by atoms with Crippen molar-refractivity contribution in [2.24, 2.45) is 0 Å². The average molecular weight is 248 g/mol. The Hall–Kier alpha value is -2.02. The largest absolute Gasteiger partial charge is 0.507 e. The molecule has 1 heteroatoms. The first-order chi connectivity index (χ1) is 9.34. The van der Waals surface area contributed by atoms with Crippen molar-refractivity contribution >= 4 is 21.5 Å². The molecule has 4 rings (SSSR count). The summed E-state index contributed by atoms with van der Waals surface area (Å²) in [6, 6.07) is 14.6. The molecular weight excluding hydrogens is 232 g/mol. The van der Waals surface area contributed by atoms with E-state index in [1.165, 1.54) is 41.2 Å². The molecule has 3 aromatic rings. The van der Waals surface area contributed by atoms with Crippen LogP contribution in [0, 0.1) is 0 Å². The predicted octanol–water partition coefficient (Wildman–Crippen LogP) is 4.58. The highest BCUT2D eigenvalue weighted by atomic mass is 16.3. The van der Waals surface area contributed by atoms with E-state index in [1.54, 1.807) is 0 Å². The topological polar surface area (TPSA) is 20.2 Å². The number of phenolic OH excluding ortho intramolecular Hbond substituents is 1. The van der Waals surface area contributed by atoms with Crippen LogP contribution in [0.2, 0.25) is 0 Å². The van der Waals surface area contributed by atoms with Gasteiger partial charge in [-0.2, -0.15) is 0 Å². The van der Waals surface area contributed by atoms with Crippen LogP contribution < -0.4 is 0 Å². The maximum atomic E-state index is 10.3. The second-order valence-corrected chi connectivity index (χ2v) is 5.45. The summed E-state index contributed by atoms with van der Waals surface area (Å²) in [7, 11) is 0. The molecule has 0 amide bonds. The number of aromatic hydroxyl groups is 1. The van der Waals surface area contributed by atoms with Gasteiger partial charge in [-0.1, -0.05) is 36.4 Å². The van der Waals surface area contributed by atoms with Crippen LogP contribution in [0.15, 0.2) is 42.5 Å². The summed E-state index contributed by atoms with van der Waals surface area (Å²) < 4.78 is 0. The maximum Gasteiger partial charge on any atom is 0.124 e. The van der Waals surface area contributed by atoms with Crippen molar-refractivity contribution in [1.82, 2.24) is 0 Å². The van der Waals surface area contributed by atoms with Crippen LogP contribution in [0.1, 0.15) is 24.0 Å². The quantitative estimate of drug-likeness (QED) is 0.577. The normalized spacial score (nSPS) is 14.7. The number of rotatable bonds is 0.